The zero-order valence-corrected chi connectivity index (χ0v) is 64.7. The van der Waals surface area contributed by atoms with Gasteiger partial charge in [-0.05, 0) is 83.5 Å². The highest BCUT2D eigenvalue weighted by Crippen LogP contribution is 2.20. The molecule has 0 aromatic rings. The summed E-state index contributed by atoms with van der Waals surface area (Å²) >= 11 is 0. The monoisotopic (exact) mass is 1330 g/mol. The third-order valence-electron chi connectivity index (χ3n) is 20.6. The number of allylic oxidation sites excluding steroid dienone is 5. The summed E-state index contributed by atoms with van der Waals surface area (Å²) in [5.74, 6) is -0.0383. The van der Waals surface area contributed by atoms with Gasteiger partial charge < -0.3 is 20.3 Å². The third-order valence-corrected chi connectivity index (χ3v) is 20.6. The van der Waals surface area contributed by atoms with Crippen molar-refractivity contribution in [3.8, 4) is 0 Å². The van der Waals surface area contributed by atoms with Gasteiger partial charge in [0.25, 0.3) is 0 Å². The lowest BCUT2D eigenvalue weighted by atomic mass is 10.0. The van der Waals surface area contributed by atoms with E-state index in [9.17, 15) is 19.8 Å². The second-order valence-corrected chi connectivity index (χ2v) is 30.2. The Morgan fingerprint density at radius 2 is 0.495 bits per heavy atom. The minimum atomic E-state index is -0.843. The molecule has 0 fully saturated rings. The number of rotatable bonds is 83. The molecule has 1 amide bonds. The Kier molecular flexibility index (Phi) is 82.8. The molecule has 0 rings (SSSR count). The van der Waals surface area contributed by atoms with E-state index in [1.54, 1.807) is 6.08 Å². The van der Waals surface area contributed by atoms with Crippen molar-refractivity contribution in [3.63, 3.8) is 0 Å². The molecule has 2 atom stereocenters. The van der Waals surface area contributed by atoms with Gasteiger partial charge in [-0.1, -0.05) is 436 Å². The minimum Gasteiger partial charge on any atom is -0.466 e. The Bertz CT molecular complexity index is 1540. The topological polar surface area (TPSA) is 95.9 Å². The van der Waals surface area contributed by atoms with Gasteiger partial charge in [0.05, 0.1) is 25.4 Å². The first kappa shape index (κ1) is 93.1. The van der Waals surface area contributed by atoms with Crippen LogP contribution in [0.1, 0.15) is 495 Å². The fourth-order valence-corrected chi connectivity index (χ4v) is 14.0. The molecular weight excluding hydrogens is 1160 g/mol. The molecule has 6 nitrogen and oxygen atoms in total. The highest BCUT2D eigenvalue weighted by molar-refractivity contribution is 5.76. The first-order valence-electron chi connectivity index (χ1n) is 43.8. The summed E-state index contributed by atoms with van der Waals surface area (Å²) in [6, 6.07) is -0.626. The number of hydrogen-bond acceptors (Lipinski definition) is 5. The van der Waals surface area contributed by atoms with E-state index in [1.807, 2.05) is 6.08 Å². The van der Waals surface area contributed by atoms with Crippen LogP contribution in [0.2, 0.25) is 0 Å². The molecule has 3 N–H and O–H groups in total. The largest absolute Gasteiger partial charge is 0.466 e. The Labute approximate surface area is 595 Å². The van der Waals surface area contributed by atoms with Crippen molar-refractivity contribution >= 4 is 11.9 Å². The van der Waals surface area contributed by atoms with Crippen molar-refractivity contribution in [1.29, 1.82) is 0 Å². The summed E-state index contributed by atoms with van der Waals surface area (Å²) < 4.78 is 5.52. The number of esters is 1. The van der Waals surface area contributed by atoms with E-state index < -0.39 is 12.1 Å². The maximum Gasteiger partial charge on any atom is 0.305 e. The first-order chi connectivity index (χ1) is 47.0. The summed E-state index contributed by atoms with van der Waals surface area (Å²) in [7, 11) is 0. The van der Waals surface area contributed by atoms with Crippen LogP contribution in [0, 0.1) is 0 Å². The van der Waals surface area contributed by atoms with Gasteiger partial charge in [0, 0.05) is 12.8 Å². The lowest BCUT2D eigenvalue weighted by Gasteiger charge is -2.20. The number of carbonyl (C=O) groups is 2. The summed E-state index contributed by atoms with van der Waals surface area (Å²) in [5.41, 5.74) is 0. The SMILES string of the molecule is CCCCCCCCC/C=C\CCCCCCCCCC(=O)OCCCCCCCCCCCCCCCCCCCC/C=C\CCCCCCCCCCCCCCCCCCCC(=O)NC(CO)C(O)/C=C/CCCCCCCCCCCCCCCCCCCCC. The van der Waals surface area contributed by atoms with Crippen LogP contribution in [0.5, 0.6) is 0 Å². The van der Waals surface area contributed by atoms with Gasteiger partial charge >= 0.3 is 5.97 Å². The Morgan fingerprint density at radius 3 is 0.747 bits per heavy atom. The molecule has 6 heteroatoms. The molecule has 0 saturated carbocycles. The van der Waals surface area contributed by atoms with Gasteiger partial charge in [-0.15, -0.1) is 0 Å². The lowest BCUT2D eigenvalue weighted by molar-refractivity contribution is -0.143. The minimum absolute atomic E-state index is 0.0204. The smallest absolute Gasteiger partial charge is 0.305 e. The molecular formula is C89H171NO5. The molecule has 2 unspecified atom stereocenters. The maximum atomic E-state index is 12.6. The number of amides is 1. The number of nitrogens with one attached hydrogen (secondary N) is 1. The Hall–Kier alpha value is -1.92. The van der Waals surface area contributed by atoms with Gasteiger partial charge in [0.15, 0.2) is 0 Å². The average Bonchev–Trinajstić information content (AvgIpc) is 2.99. The number of aliphatic hydroxyl groups excluding tert-OH is 2. The van der Waals surface area contributed by atoms with E-state index in [0.717, 1.165) is 38.5 Å². The van der Waals surface area contributed by atoms with E-state index in [1.165, 1.54) is 430 Å². The number of ether oxygens (including phenoxy) is 1. The van der Waals surface area contributed by atoms with E-state index in [-0.39, 0.29) is 18.5 Å². The van der Waals surface area contributed by atoms with Crippen molar-refractivity contribution in [2.75, 3.05) is 13.2 Å². The van der Waals surface area contributed by atoms with Crippen LogP contribution in [0.15, 0.2) is 36.5 Å². The van der Waals surface area contributed by atoms with Crippen LogP contribution in [0.3, 0.4) is 0 Å². The molecule has 0 spiro atoms. The zero-order chi connectivity index (χ0) is 68.4. The predicted octanol–water partition coefficient (Wildman–Crippen LogP) is 29.3. The molecule has 0 aromatic heterocycles. The van der Waals surface area contributed by atoms with Gasteiger partial charge in [0.2, 0.25) is 5.91 Å². The molecule has 0 bridgehead atoms. The molecule has 0 aromatic carbocycles. The number of hydrogen-bond donors (Lipinski definition) is 3. The highest BCUT2D eigenvalue weighted by Gasteiger charge is 2.18. The molecule has 0 heterocycles. The number of unbranched alkanes of at least 4 members (excludes halogenated alkanes) is 68. The number of aliphatic hydroxyl groups is 2. The van der Waals surface area contributed by atoms with E-state index in [2.05, 4.69) is 43.5 Å². The van der Waals surface area contributed by atoms with E-state index in [4.69, 9.17) is 4.74 Å². The Balaban J connectivity index is 3.34. The quantitative estimate of drug-likeness (QED) is 0.0320. The van der Waals surface area contributed by atoms with Gasteiger partial charge in [-0.3, -0.25) is 9.59 Å². The van der Waals surface area contributed by atoms with Crippen molar-refractivity contribution in [2.24, 2.45) is 0 Å². The second kappa shape index (κ2) is 84.5. The Morgan fingerprint density at radius 1 is 0.284 bits per heavy atom. The summed E-state index contributed by atoms with van der Waals surface area (Å²) in [6.07, 6.45) is 112. The first-order valence-corrected chi connectivity index (χ1v) is 43.8. The molecule has 0 aliphatic heterocycles. The second-order valence-electron chi connectivity index (χ2n) is 30.2. The van der Waals surface area contributed by atoms with Gasteiger partial charge in [0.1, 0.15) is 0 Å². The van der Waals surface area contributed by atoms with Crippen LogP contribution in [0.25, 0.3) is 0 Å². The fraction of sp³-hybridized carbons (Fsp3) is 0.910. The van der Waals surface area contributed by atoms with Crippen LogP contribution < -0.4 is 5.32 Å². The normalized spacial score (nSPS) is 12.6. The predicted molar refractivity (Wildman–Crippen MR) is 421 cm³/mol. The van der Waals surface area contributed by atoms with Crippen molar-refractivity contribution < 1.29 is 24.5 Å². The maximum absolute atomic E-state index is 12.6. The molecule has 0 radical (unpaired) electrons. The summed E-state index contributed by atoms with van der Waals surface area (Å²) in [5, 5.41) is 23.3. The summed E-state index contributed by atoms with van der Waals surface area (Å²) in [6.45, 7) is 4.96. The molecule has 0 aliphatic carbocycles. The third kappa shape index (κ3) is 80.9. The van der Waals surface area contributed by atoms with Crippen molar-refractivity contribution in [3.05, 3.63) is 36.5 Å². The summed E-state index contributed by atoms with van der Waals surface area (Å²) in [4.78, 5) is 24.7. The van der Waals surface area contributed by atoms with Crippen molar-refractivity contribution in [2.45, 2.75) is 508 Å². The van der Waals surface area contributed by atoms with Crippen LogP contribution in [-0.2, 0) is 14.3 Å². The molecule has 95 heavy (non-hydrogen) atoms. The number of carbonyl (C=O) groups excluding carboxylic acids is 2. The van der Waals surface area contributed by atoms with E-state index >= 15 is 0 Å². The lowest BCUT2D eigenvalue weighted by Crippen LogP contribution is -2.45. The van der Waals surface area contributed by atoms with Gasteiger partial charge in [-0.25, -0.2) is 0 Å². The zero-order valence-electron chi connectivity index (χ0n) is 64.7. The molecule has 0 saturated heterocycles. The van der Waals surface area contributed by atoms with Gasteiger partial charge in [-0.2, -0.15) is 0 Å². The van der Waals surface area contributed by atoms with E-state index in [0.29, 0.717) is 19.4 Å². The highest BCUT2D eigenvalue weighted by atomic mass is 16.5. The fourth-order valence-electron chi connectivity index (χ4n) is 14.0. The standard InChI is InChI=1S/C89H171NO5/c1-3-5-7-9-11-13-15-17-19-21-23-43-46-49-53-57-61-65-69-73-77-81-87(92)86(85-91)90-88(93)82-78-74-70-66-62-58-54-50-47-44-41-39-37-35-33-31-29-27-25-24-26-28-30-32-34-36-38-40-42-45-48-52-56-60-64-68-72-76-80-84-95-89(94)83-79-75-71-67-63-59-55-51-22-20-18-16-14-12-10-8-6-4-2/h20,22,24-25,77,81,86-87,91-92H,3-19,21,23,26-76,78-80,82-85H2,1-2H3,(H,90,93)/b22-20-,25-24-,81-77+. The van der Waals surface area contributed by atoms with Crippen LogP contribution >= 0.6 is 0 Å². The average molecular weight is 1340 g/mol. The van der Waals surface area contributed by atoms with Crippen LogP contribution in [-0.4, -0.2) is 47.4 Å². The van der Waals surface area contributed by atoms with Crippen LogP contribution in [0.4, 0.5) is 0 Å². The molecule has 562 valence electrons. The molecule has 0 aliphatic rings. The van der Waals surface area contributed by atoms with Crippen molar-refractivity contribution in [1.82, 2.24) is 5.32 Å².